The molecule has 1 amide bonds. The third-order valence-corrected chi connectivity index (χ3v) is 1.47. The van der Waals surface area contributed by atoms with Crippen molar-refractivity contribution in [1.82, 2.24) is 15.0 Å². The molecule has 1 N–H and O–H groups in total. The van der Waals surface area contributed by atoms with Crippen molar-refractivity contribution < 1.29 is 4.79 Å². The van der Waals surface area contributed by atoms with E-state index in [1.54, 1.807) is 20.8 Å². The van der Waals surface area contributed by atoms with Crippen LogP contribution in [-0.4, -0.2) is 20.9 Å². The zero-order chi connectivity index (χ0) is 10.7. The highest BCUT2D eigenvalue weighted by atomic mass is 16.1. The van der Waals surface area contributed by atoms with Gasteiger partial charge in [0.15, 0.2) is 0 Å². The molecule has 0 saturated heterocycles. The van der Waals surface area contributed by atoms with E-state index < -0.39 is 0 Å². The van der Waals surface area contributed by atoms with E-state index in [0.717, 1.165) is 0 Å². The van der Waals surface area contributed by atoms with Crippen LogP contribution in [0.15, 0.2) is 12.2 Å². The standard InChI is InChI=1S/C9H12N4O/c1-5(2)8(14)13-9-11-6(3)10-7(4)12-9/h1H2,2-4H3,(H,10,11,12,13,14). The van der Waals surface area contributed by atoms with E-state index in [4.69, 9.17) is 0 Å². The maximum atomic E-state index is 11.2. The van der Waals surface area contributed by atoms with Gasteiger partial charge in [0.25, 0.3) is 5.91 Å². The minimum atomic E-state index is -0.282. The molecule has 0 aromatic carbocycles. The fourth-order valence-corrected chi connectivity index (χ4v) is 0.880. The van der Waals surface area contributed by atoms with Crippen molar-refractivity contribution in [3.8, 4) is 0 Å². The molecule has 0 radical (unpaired) electrons. The van der Waals surface area contributed by atoms with E-state index >= 15 is 0 Å². The summed E-state index contributed by atoms with van der Waals surface area (Å²) >= 11 is 0. The normalized spacial score (nSPS) is 9.64. The Hall–Kier alpha value is -1.78. The molecule has 0 atom stereocenters. The van der Waals surface area contributed by atoms with Crippen LogP contribution >= 0.6 is 0 Å². The zero-order valence-corrected chi connectivity index (χ0v) is 8.46. The van der Waals surface area contributed by atoms with Crippen LogP contribution in [0.5, 0.6) is 0 Å². The Morgan fingerprint density at radius 1 is 1.21 bits per heavy atom. The molecule has 1 rings (SSSR count). The molecule has 0 aliphatic rings. The maximum absolute atomic E-state index is 11.2. The number of carbonyl (C=O) groups is 1. The lowest BCUT2D eigenvalue weighted by Gasteiger charge is -2.03. The zero-order valence-electron chi connectivity index (χ0n) is 8.46. The second-order valence-corrected chi connectivity index (χ2v) is 2.99. The molecule has 0 unspecified atom stereocenters. The molecule has 5 nitrogen and oxygen atoms in total. The molecular formula is C9H12N4O. The number of amides is 1. The molecule has 1 heterocycles. The Morgan fingerprint density at radius 2 is 1.71 bits per heavy atom. The number of rotatable bonds is 2. The van der Waals surface area contributed by atoms with Gasteiger partial charge in [-0.25, -0.2) is 4.98 Å². The molecule has 1 aromatic heterocycles. The van der Waals surface area contributed by atoms with E-state index in [-0.39, 0.29) is 11.9 Å². The Kier molecular flexibility index (Phi) is 2.91. The van der Waals surface area contributed by atoms with Crippen LogP contribution in [0.2, 0.25) is 0 Å². The van der Waals surface area contributed by atoms with Gasteiger partial charge in [0.1, 0.15) is 11.6 Å². The van der Waals surface area contributed by atoms with Gasteiger partial charge in [-0.15, -0.1) is 0 Å². The summed E-state index contributed by atoms with van der Waals surface area (Å²) in [7, 11) is 0. The number of hydrogen-bond acceptors (Lipinski definition) is 4. The monoisotopic (exact) mass is 192 g/mol. The van der Waals surface area contributed by atoms with Gasteiger partial charge in [0, 0.05) is 5.57 Å². The smallest absolute Gasteiger partial charge is 0.253 e. The Morgan fingerprint density at radius 3 is 2.14 bits per heavy atom. The SMILES string of the molecule is C=C(C)C(=O)Nc1nc(C)nc(C)n1. The van der Waals surface area contributed by atoms with Crippen molar-refractivity contribution in [2.24, 2.45) is 0 Å². The van der Waals surface area contributed by atoms with Crippen LogP contribution in [-0.2, 0) is 4.79 Å². The fraction of sp³-hybridized carbons (Fsp3) is 0.333. The van der Waals surface area contributed by atoms with Gasteiger partial charge < -0.3 is 0 Å². The van der Waals surface area contributed by atoms with Crippen molar-refractivity contribution in [2.75, 3.05) is 5.32 Å². The predicted octanol–water partition coefficient (Wildman–Crippen LogP) is 1.00. The van der Waals surface area contributed by atoms with E-state index in [1.807, 2.05) is 0 Å². The predicted molar refractivity (Wildman–Crippen MR) is 52.7 cm³/mol. The van der Waals surface area contributed by atoms with Crippen molar-refractivity contribution in [1.29, 1.82) is 0 Å². The average Bonchev–Trinajstić information content (AvgIpc) is 2.01. The quantitative estimate of drug-likeness (QED) is 0.710. The first kappa shape index (κ1) is 10.3. The van der Waals surface area contributed by atoms with Gasteiger partial charge in [0.05, 0.1) is 0 Å². The topological polar surface area (TPSA) is 67.8 Å². The highest BCUT2D eigenvalue weighted by molar-refractivity contribution is 6.01. The maximum Gasteiger partial charge on any atom is 0.253 e. The van der Waals surface area contributed by atoms with E-state index in [9.17, 15) is 4.79 Å². The summed E-state index contributed by atoms with van der Waals surface area (Å²) in [5.41, 5.74) is 0.417. The second-order valence-electron chi connectivity index (χ2n) is 2.99. The van der Waals surface area contributed by atoms with Crippen LogP contribution < -0.4 is 5.32 Å². The summed E-state index contributed by atoms with van der Waals surface area (Å²) in [6.07, 6.45) is 0. The molecule has 0 fully saturated rings. The van der Waals surface area contributed by atoms with Crippen LogP contribution in [0.3, 0.4) is 0 Å². The molecule has 0 aliphatic heterocycles. The van der Waals surface area contributed by atoms with Gasteiger partial charge >= 0.3 is 0 Å². The lowest BCUT2D eigenvalue weighted by atomic mass is 10.3. The van der Waals surface area contributed by atoms with Crippen LogP contribution in [0, 0.1) is 13.8 Å². The molecule has 0 bridgehead atoms. The molecule has 1 aromatic rings. The summed E-state index contributed by atoms with van der Waals surface area (Å²) in [6.45, 7) is 8.62. The average molecular weight is 192 g/mol. The first-order valence-corrected chi connectivity index (χ1v) is 4.15. The van der Waals surface area contributed by atoms with Crippen LogP contribution in [0.25, 0.3) is 0 Å². The number of hydrogen-bond donors (Lipinski definition) is 1. The molecular weight excluding hydrogens is 180 g/mol. The first-order chi connectivity index (χ1) is 6.49. The third kappa shape index (κ3) is 2.62. The largest absolute Gasteiger partial charge is 0.291 e. The number of nitrogens with one attached hydrogen (secondary N) is 1. The Balaban J connectivity index is 2.87. The molecule has 0 saturated carbocycles. The fourth-order valence-electron chi connectivity index (χ4n) is 0.880. The number of aryl methyl sites for hydroxylation is 2. The van der Waals surface area contributed by atoms with Gasteiger partial charge in [-0.3, -0.25) is 10.1 Å². The van der Waals surface area contributed by atoms with E-state index in [0.29, 0.717) is 17.2 Å². The van der Waals surface area contributed by atoms with Crippen molar-refractivity contribution in [3.63, 3.8) is 0 Å². The highest BCUT2D eigenvalue weighted by Gasteiger charge is 2.05. The first-order valence-electron chi connectivity index (χ1n) is 4.15. The van der Waals surface area contributed by atoms with Gasteiger partial charge in [-0.1, -0.05) is 6.58 Å². The van der Waals surface area contributed by atoms with Crippen LogP contribution in [0.4, 0.5) is 5.95 Å². The van der Waals surface area contributed by atoms with Gasteiger partial charge in [0.2, 0.25) is 5.95 Å². The third-order valence-electron chi connectivity index (χ3n) is 1.47. The number of aromatic nitrogens is 3. The lowest BCUT2D eigenvalue weighted by Crippen LogP contribution is -2.15. The van der Waals surface area contributed by atoms with Crippen molar-refractivity contribution in [3.05, 3.63) is 23.8 Å². The number of anilines is 1. The van der Waals surface area contributed by atoms with Gasteiger partial charge in [-0.05, 0) is 20.8 Å². The van der Waals surface area contributed by atoms with Crippen molar-refractivity contribution in [2.45, 2.75) is 20.8 Å². The van der Waals surface area contributed by atoms with Crippen molar-refractivity contribution >= 4 is 11.9 Å². The summed E-state index contributed by atoms with van der Waals surface area (Å²) in [6, 6.07) is 0. The molecule has 74 valence electrons. The van der Waals surface area contributed by atoms with Gasteiger partial charge in [-0.2, -0.15) is 9.97 Å². The number of carbonyl (C=O) groups excluding carboxylic acids is 1. The highest BCUT2D eigenvalue weighted by Crippen LogP contribution is 2.01. The summed E-state index contributed by atoms with van der Waals surface area (Å²) < 4.78 is 0. The molecule has 0 aliphatic carbocycles. The Labute approximate surface area is 82.3 Å². The minimum Gasteiger partial charge on any atom is -0.291 e. The molecule has 5 heteroatoms. The molecule has 14 heavy (non-hydrogen) atoms. The van der Waals surface area contributed by atoms with Crippen LogP contribution in [0.1, 0.15) is 18.6 Å². The number of nitrogens with zero attached hydrogens (tertiary/aromatic N) is 3. The minimum absolute atomic E-state index is 0.267. The second kappa shape index (κ2) is 3.95. The Bertz CT molecular complexity index is 366. The summed E-state index contributed by atoms with van der Waals surface area (Å²) in [5, 5.41) is 2.52. The summed E-state index contributed by atoms with van der Waals surface area (Å²) in [4.78, 5) is 23.1. The lowest BCUT2D eigenvalue weighted by molar-refractivity contribution is -0.112. The van der Waals surface area contributed by atoms with E-state index in [2.05, 4.69) is 26.8 Å². The summed E-state index contributed by atoms with van der Waals surface area (Å²) in [5.74, 6) is 1.14. The molecule has 0 spiro atoms. The van der Waals surface area contributed by atoms with E-state index in [1.165, 1.54) is 0 Å².